The molecule has 10 heteroatoms. The van der Waals surface area contributed by atoms with Crippen molar-refractivity contribution in [2.24, 2.45) is 0 Å². The lowest BCUT2D eigenvalue weighted by molar-refractivity contribution is -0.556. The number of halogens is 2. The Labute approximate surface area is 156 Å². The van der Waals surface area contributed by atoms with Crippen LogP contribution in [0, 0.1) is 27.9 Å². The minimum absolute atomic E-state index is 0.0585. The molecule has 0 radical (unpaired) electrons. The summed E-state index contributed by atoms with van der Waals surface area (Å²) in [5.74, 6) is -3.47. The van der Waals surface area contributed by atoms with Crippen LogP contribution in [0.3, 0.4) is 0 Å². The van der Waals surface area contributed by atoms with Gasteiger partial charge in [0.15, 0.2) is 17.3 Å². The molecule has 28 heavy (non-hydrogen) atoms. The van der Waals surface area contributed by atoms with Gasteiger partial charge in [-0.05, 0) is 18.2 Å². The van der Waals surface area contributed by atoms with E-state index in [-0.39, 0.29) is 32.8 Å². The zero-order valence-electron chi connectivity index (χ0n) is 14.7. The Balaban J connectivity index is 1.93. The molecule has 1 N–H and O–H groups in total. The second kappa shape index (κ2) is 6.77. The first kappa shape index (κ1) is 19.0. The Kier molecular flexibility index (Phi) is 4.60. The number of H-pyrrole nitrogens is 1. The van der Waals surface area contributed by atoms with E-state index in [9.17, 15) is 23.3 Å². The summed E-state index contributed by atoms with van der Waals surface area (Å²) in [6.45, 7) is 2.70. The molecule has 3 aromatic rings. The third kappa shape index (κ3) is 3.18. The predicted molar refractivity (Wildman–Crippen MR) is 91.1 cm³/mol. The first-order valence-corrected chi connectivity index (χ1v) is 8.01. The van der Waals surface area contributed by atoms with Crippen LogP contribution in [0.2, 0.25) is 0 Å². The number of nitrogens with one attached hydrogen (secondary N) is 1. The van der Waals surface area contributed by atoms with Crippen molar-refractivity contribution in [1.82, 2.24) is 9.97 Å². The molecule has 2 heterocycles. The standard InChI is InChI=1S/C18H12F2N4O4/c1-18(2,17-22-10(7-21)8-28-17)24(27)14(25)6-9-5-11-13(23-16(9)26)4-3-12(19)15(11)20/h3-5,8H,6H2,1-2H3/p+1. The van der Waals surface area contributed by atoms with Crippen LogP contribution in [0.1, 0.15) is 31.0 Å². The summed E-state index contributed by atoms with van der Waals surface area (Å²) in [7, 11) is 0. The number of pyridine rings is 1. The van der Waals surface area contributed by atoms with Gasteiger partial charge in [0.2, 0.25) is 0 Å². The maximum absolute atomic E-state index is 14.0. The minimum atomic E-state index is -1.56. The number of benzene rings is 1. The van der Waals surface area contributed by atoms with E-state index in [0.717, 1.165) is 18.4 Å². The number of carbonyl (C=O) groups is 1. The average Bonchev–Trinajstić information content (AvgIpc) is 3.15. The van der Waals surface area contributed by atoms with E-state index >= 15 is 0 Å². The van der Waals surface area contributed by atoms with Crippen LogP contribution in [0.4, 0.5) is 8.78 Å². The maximum atomic E-state index is 14.0. The monoisotopic (exact) mass is 387 g/mol. The second-order valence-corrected chi connectivity index (χ2v) is 6.52. The molecule has 142 valence electrons. The van der Waals surface area contributed by atoms with E-state index in [2.05, 4.69) is 9.97 Å². The Hall–Kier alpha value is -3.74. The van der Waals surface area contributed by atoms with Crippen molar-refractivity contribution in [1.29, 1.82) is 5.26 Å². The lowest BCUT2D eigenvalue weighted by Crippen LogP contribution is -2.38. The third-order valence-corrected chi connectivity index (χ3v) is 4.21. The van der Waals surface area contributed by atoms with Crippen LogP contribution in [0.25, 0.3) is 10.9 Å². The molecule has 8 nitrogen and oxygen atoms in total. The summed E-state index contributed by atoms with van der Waals surface area (Å²) in [5.41, 5.74) is -2.48. The number of fused-ring (bicyclic) bond motifs is 1. The van der Waals surface area contributed by atoms with Crippen molar-refractivity contribution in [3.8, 4) is 6.07 Å². The van der Waals surface area contributed by atoms with Crippen LogP contribution in [0.5, 0.6) is 0 Å². The highest BCUT2D eigenvalue weighted by molar-refractivity contribution is 5.81. The molecule has 0 aliphatic rings. The lowest BCUT2D eigenvalue weighted by atomic mass is 10.0. The van der Waals surface area contributed by atoms with Crippen LogP contribution in [-0.2, 0) is 16.8 Å². The molecule has 1 aromatic carbocycles. The highest BCUT2D eigenvalue weighted by atomic mass is 19.2. The summed E-state index contributed by atoms with van der Waals surface area (Å²) < 4.78 is 32.5. The molecule has 0 aliphatic carbocycles. The summed E-state index contributed by atoms with van der Waals surface area (Å²) in [6.07, 6.45) is 0.390. The lowest BCUT2D eigenvalue weighted by Gasteiger charge is -2.10. The fourth-order valence-electron chi connectivity index (χ4n) is 2.63. The van der Waals surface area contributed by atoms with Crippen LogP contribution in [-0.4, -0.2) is 20.6 Å². The van der Waals surface area contributed by atoms with Crippen LogP contribution in [0.15, 0.2) is 33.7 Å². The molecule has 0 aliphatic heterocycles. The number of hydrogen-bond acceptors (Lipinski definition) is 6. The fraction of sp³-hybridized carbons (Fsp3) is 0.222. The van der Waals surface area contributed by atoms with Gasteiger partial charge in [-0.25, -0.2) is 13.6 Å². The predicted octanol–water partition coefficient (Wildman–Crippen LogP) is 2.45. The number of nitroso groups, excluding NO2 is 1. The Bertz CT molecular complexity index is 1220. The summed E-state index contributed by atoms with van der Waals surface area (Å²) >= 11 is 0. The van der Waals surface area contributed by atoms with Crippen molar-refractivity contribution in [3.63, 3.8) is 0 Å². The first-order chi connectivity index (χ1) is 13.1. The number of rotatable bonds is 4. The number of hydrogen-bond donors (Lipinski definition) is 1. The molecule has 2 aromatic heterocycles. The Morgan fingerprint density at radius 2 is 2.11 bits per heavy atom. The van der Waals surface area contributed by atoms with Crippen molar-refractivity contribution < 1.29 is 22.8 Å². The summed E-state index contributed by atoms with van der Waals surface area (Å²) in [5, 5.41) is 8.57. The van der Waals surface area contributed by atoms with Crippen molar-refractivity contribution >= 4 is 16.8 Å². The molecule has 0 atom stereocenters. The molecule has 0 spiro atoms. The Morgan fingerprint density at radius 3 is 2.75 bits per heavy atom. The van der Waals surface area contributed by atoms with Crippen LogP contribution >= 0.6 is 0 Å². The smallest absolute Gasteiger partial charge is 0.439 e. The zero-order chi connectivity index (χ0) is 20.6. The van der Waals surface area contributed by atoms with E-state index in [0.29, 0.717) is 0 Å². The van der Waals surface area contributed by atoms with Crippen molar-refractivity contribution in [3.05, 3.63) is 68.5 Å². The molecule has 3 rings (SSSR count). The third-order valence-electron chi connectivity index (χ3n) is 4.21. The quantitative estimate of drug-likeness (QED) is 0.687. The molecule has 1 amide bonds. The molecule has 0 saturated carbocycles. The number of carbonyl (C=O) groups excluding carboxylic acids is 1. The van der Waals surface area contributed by atoms with E-state index in [1.165, 1.54) is 19.9 Å². The highest BCUT2D eigenvalue weighted by Crippen LogP contribution is 2.24. The van der Waals surface area contributed by atoms with Gasteiger partial charge in [-0.1, -0.05) is 0 Å². The van der Waals surface area contributed by atoms with E-state index in [1.54, 1.807) is 6.07 Å². The van der Waals surface area contributed by atoms with Gasteiger partial charge >= 0.3 is 5.91 Å². The SMILES string of the molecule is CC(C)(c1nc(C#N)co1)[N+](=O)C(=O)Cc1cc2c(F)c(F)ccc2[nH]c1=O. The topological polar surface area (TPSA) is 120 Å². The molecule has 0 unspecified atom stereocenters. The average molecular weight is 387 g/mol. The highest BCUT2D eigenvalue weighted by Gasteiger charge is 2.47. The second-order valence-electron chi connectivity index (χ2n) is 6.52. The summed E-state index contributed by atoms with van der Waals surface area (Å²) in [4.78, 5) is 43.2. The number of nitriles is 1. The number of oxazole rings is 1. The molecule has 0 saturated heterocycles. The zero-order valence-corrected chi connectivity index (χ0v) is 14.7. The van der Waals surface area contributed by atoms with E-state index in [1.807, 2.05) is 0 Å². The Morgan fingerprint density at radius 1 is 1.39 bits per heavy atom. The molecule has 0 fully saturated rings. The maximum Gasteiger partial charge on any atom is 0.439 e. The number of aromatic nitrogens is 2. The van der Waals surface area contributed by atoms with Gasteiger partial charge in [0.1, 0.15) is 18.8 Å². The van der Waals surface area contributed by atoms with Gasteiger partial charge in [0, 0.05) is 29.7 Å². The van der Waals surface area contributed by atoms with E-state index in [4.69, 9.17) is 9.68 Å². The molecular formula is C18H13F2N4O4+. The van der Waals surface area contributed by atoms with E-state index < -0.39 is 35.1 Å². The first-order valence-electron chi connectivity index (χ1n) is 8.01. The van der Waals surface area contributed by atoms with Gasteiger partial charge in [0.25, 0.3) is 17.0 Å². The van der Waals surface area contributed by atoms with Gasteiger partial charge in [-0.2, -0.15) is 10.2 Å². The van der Waals surface area contributed by atoms with Crippen molar-refractivity contribution in [2.45, 2.75) is 25.8 Å². The van der Waals surface area contributed by atoms with Gasteiger partial charge in [-0.15, -0.1) is 0 Å². The number of amides is 1. The number of nitrogens with zero attached hydrogens (tertiary/aromatic N) is 3. The number of aromatic amines is 1. The largest absolute Gasteiger partial charge is 0.441 e. The fourth-order valence-corrected chi connectivity index (χ4v) is 2.63. The van der Waals surface area contributed by atoms with Gasteiger partial charge in [0.05, 0.1) is 10.3 Å². The summed E-state index contributed by atoms with van der Waals surface area (Å²) in [6, 6.07) is 4.83. The van der Waals surface area contributed by atoms with Crippen molar-refractivity contribution in [2.75, 3.05) is 0 Å². The van der Waals surface area contributed by atoms with Gasteiger partial charge < -0.3 is 9.40 Å². The molecular weight excluding hydrogens is 374 g/mol. The normalized spacial score (nSPS) is 11.4. The minimum Gasteiger partial charge on any atom is -0.441 e. The van der Waals surface area contributed by atoms with Gasteiger partial charge in [-0.3, -0.25) is 4.79 Å². The molecule has 0 bridgehead atoms. The van der Waals surface area contributed by atoms with Crippen LogP contribution < -0.4 is 5.56 Å².